The molecule has 0 N–H and O–H groups in total. The lowest BCUT2D eigenvalue weighted by atomic mass is 10.2. The maximum Gasteiger partial charge on any atom is 0.128 e. The van der Waals surface area contributed by atoms with E-state index in [-0.39, 0.29) is 0 Å². The second kappa shape index (κ2) is 7.95. The molecule has 20 heavy (non-hydrogen) atoms. The van der Waals surface area contributed by atoms with Gasteiger partial charge in [0.05, 0.1) is 0 Å². The molecule has 0 fully saturated rings. The normalized spacial score (nSPS) is 11.2. The SMILES string of the molecule is CCN=Cc1ccccc1OC/C=C/c1ccccc1. The third-order valence-electron chi connectivity index (χ3n) is 2.78. The summed E-state index contributed by atoms with van der Waals surface area (Å²) in [4.78, 5) is 4.26. The van der Waals surface area contributed by atoms with E-state index >= 15 is 0 Å². The minimum Gasteiger partial charge on any atom is -0.489 e. The maximum atomic E-state index is 5.78. The van der Waals surface area contributed by atoms with Crippen LogP contribution in [0.5, 0.6) is 5.75 Å². The summed E-state index contributed by atoms with van der Waals surface area (Å²) in [5.74, 6) is 0.863. The van der Waals surface area contributed by atoms with Crippen molar-refractivity contribution < 1.29 is 4.74 Å². The first-order chi connectivity index (χ1) is 9.90. The summed E-state index contributed by atoms with van der Waals surface area (Å²) in [6.45, 7) is 3.34. The lowest BCUT2D eigenvalue weighted by Gasteiger charge is -2.06. The minimum absolute atomic E-state index is 0.547. The number of aliphatic imine (C=N–C) groups is 1. The minimum atomic E-state index is 0.547. The molecule has 0 heterocycles. The van der Waals surface area contributed by atoms with Crippen molar-refractivity contribution >= 4 is 12.3 Å². The van der Waals surface area contributed by atoms with Gasteiger partial charge in [0.2, 0.25) is 0 Å². The van der Waals surface area contributed by atoms with Crippen LogP contribution in [0.15, 0.2) is 65.7 Å². The van der Waals surface area contributed by atoms with E-state index in [1.807, 2.05) is 61.7 Å². The van der Waals surface area contributed by atoms with Crippen molar-refractivity contribution in [2.45, 2.75) is 6.92 Å². The highest BCUT2D eigenvalue weighted by molar-refractivity contribution is 5.83. The van der Waals surface area contributed by atoms with Gasteiger partial charge in [0, 0.05) is 18.3 Å². The van der Waals surface area contributed by atoms with E-state index in [1.54, 1.807) is 0 Å². The quantitative estimate of drug-likeness (QED) is 0.717. The molecule has 0 radical (unpaired) electrons. The summed E-state index contributed by atoms with van der Waals surface area (Å²) in [6.07, 6.45) is 5.93. The van der Waals surface area contributed by atoms with Gasteiger partial charge in [0.25, 0.3) is 0 Å². The van der Waals surface area contributed by atoms with Crippen molar-refractivity contribution in [3.8, 4) is 5.75 Å². The van der Waals surface area contributed by atoms with Crippen LogP contribution in [-0.2, 0) is 0 Å². The van der Waals surface area contributed by atoms with Gasteiger partial charge in [-0.3, -0.25) is 4.99 Å². The molecule has 0 spiro atoms. The van der Waals surface area contributed by atoms with Crippen LogP contribution >= 0.6 is 0 Å². The Morgan fingerprint density at radius 1 is 1.00 bits per heavy atom. The highest BCUT2D eigenvalue weighted by Gasteiger charge is 1.98. The number of hydrogen-bond donors (Lipinski definition) is 0. The second-order valence-corrected chi connectivity index (χ2v) is 4.29. The molecule has 0 aliphatic heterocycles. The monoisotopic (exact) mass is 265 g/mol. The van der Waals surface area contributed by atoms with Crippen molar-refractivity contribution in [1.82, 2.24) is 0 Å². The number of hydrogen-bond acceptors (Lipinski definition) is 2. The Hall–Kier alpha value is -2.35. The van der Waals surface area contributed by atoms with Crippen LogP contribution in [0.3, 0.4) is 0 Å². The van der Waals surface area contributed by atoms with E-state index in [0.29, 0.717) is 6.61 Å². The summed E-state index contributed by atoms with van der Waals surface area (Å²) in [7, 11) is 0. The zero-order chi connectivity index (χ0) is 14.0. The average Bonchev–Trinajstić information content (AvgIpc) is 2.51. The Kier molecular flexibility index (Phi) is 5.59. The van der Waals surface area contributed by atoms with Crippen molar-refractivity contribution in [3.05, 3.63) is 71.8 Å². The van der Waals surface area contributed by atoms with Gasteiger partial charge in [-0.15, -0.1) is 0 Å². The molecule has 102 valence electrons. The van der Waals surface area contributed by atoms with Gasteiger partial charge in [-0.2, -0.15) is 0 Å². The first-order valence-electron chi connectivity index (χ1n) is 6.83. The lowest BCUT2D eigenvalue weighted by molar-refractivity contribution is 0.363. The fraction of sp³-hybridized carbons (Fsp3) is 0.167. The Morgan fingerprint density at radius 2 is 1.75 bits per heavy atom. The van der Waals surface area contributed by atoms with Crippen LogP contribution in [-0.4, -0.2) is 19.4 Å². The molecule has 0 bridgehead atoms. The summed E-state index contributed by atoms with van der Waals surface area (Å²) >= 11 is 0. The molecular weight excluding hydrogens is 246 g/mol. The standard InChI is InChI=1S/C18H19NO/c1-2-19-15-17-12-6-7-13-18(17)20-14-8-11-16-9-4-3-5-10-16/h3-13,15H,2,14H2,1H3/b11-8+,19-15?. The first-order valence-corrected chi connectivity index (χ1v) is 6.83. The Balaban J connectivity index is 1.94. The van der Waals surface area contributed by atoms with Gasteiger partial charge in [-0.1, -0.05) is 48.5 Å². The number of rotatable bonds is 6. The van der Waals surface area contributed by atoms with Crippen LogP contribution in [0.1, 0.15) is 18.1 Å². The second-order valence-electron chi connectivity index (χ2n) is 4.29. The largest absolute Gasteiger partial charge is 0.489 e. The molecule has 0 amide bonds. The molecule has 2 heteroatoms. The number of ether oxygens (including phenoxy) is 1. The molecule has 0 saturated heterocycles. The predicted molar refractivity (Wildman–Crippen MR) is 85.5 cm³/mol. The molecule has 2 aromatic carbocycles. The summed E-state index contributed by atoms with van der Waals surface area (Å²) in [5, 5.41) is 0. The van der Waals surface area contributed by atoms with E-state index in [0.717, 1.165) is 17.9 Å². The zero-order valence-electron chi connectivity index (χ0n) is 11.7. The van der Waals surface area contributed by atoms with Gasteiger partial charge in [0.15, 0.2) is 0 Å². The molecule has 0 saturated carbocycles. The van der Waals surface area contributed by atoms with E-state index < -0.39 is 0 Å². The predicted octanol–water partition coefficient (Wildman–Crippen LogP) is 4.22. The van der Waals surface area contributed by atoms with Crippen LogP contribution in [0.25, 0.3) is 6.08 Å². The van der Waals surface area contributed by atoms with Gasteiger partial charge in [-0.25, -0.2) is 0 Å². The van der Waals surface area contributed by atoms with Crippen LogP contribution < -0.4 is 4.74 Å². The molecule has 2 aromatic rings. The van der Waals surface area contributed by atoms with Crippen molar-refractivity contribution in [2.24, 2.45) is 4.99 Å². The zero-order valence-corrected chi connectivity index (χ0v) is 11.7. The summed E-state index contributed by atoms with van der Waals surface area (Å²) in [5.41, 5.74) is 2.19. The average molecular weight is 265 g/mol. The molecular formula is C18H19NO. The lowest BCUT2D eigenvalue weighted by Crippen LogP contribution is -1.97. The topological polar surface area (TPSA) is 21.6 Å². The first kappa shape index (κ1) is 14.1. The Labute approximate surface area is 120 Å². The molecule has 0 unspecified atom stereocenters. The van der Waals surface area contributed by atoms with Crippen molar-refractivity contribution in [1.29, 1.82) is 0 Å². The molecule has 2 nitrogen and oxygen atoms in total. The van der Waals surface area contributed by atoms with E-state index in [2.05, 4.69) is 23.2 Å². The van der Waals surface area contributed by atoms with Crippen molar-refractivity contribution in [3.63, 3.8) is 0 Å². The molecule has 0 aliphatic rings. The fourth-order valence-electron chi connectivity index (χ4n) is 1.79. The Morgan fingerprint density at radius 3 is 2.55 bits per heavy atom. The smallest absolute Gasteiger partial charge is 0.128 e. The maximum absolute atomic E-state index is 5.78. The van der Waals surface area contributed by atoms with E-state index in [4.69, 9.17) is 4.74 Å². The number of benzene rings is 2. The summed E-state index contributed by atoms with van der Waals surface area (Å²) in [6, 6.07) is 18.1. The van der Waals surface area contributed by atoms with Gasteiger partial charge < -0.3 is 4.74 Å². The third kappa shape index (κ3) is 4.39. The fourth-order valence-corrected chi connectivity index (χ4v) is 1.79. The molecule has 0 aliphatic carbocycles. The summed E-state index contributed by atoms with van der Waals surface area (Å²) < 4.78 is 5.78. The highest BCUT2D eigenvalue weighted by atomic mass is 16.5. The van der Waals surface area contributed by atoms with Gasteiger partial charge in [-0.05, 0) is 30.7 Å². The number of nitrogens with zero attached hydrogens (tertiary/aromatic N) is 1. The third-order valence-corrected chi connectivity index (χ3v) is 2.78. The molecule has 0 aromatic heterocycles. The van der Waals surface area contributed by atoms with Crippen LogP contribution in [0.2, 0.25) is 0 Å². The van der Waals surface area contributed by atoms with E-state index in [1.165, 1.54) is 5.56 Å². The number of para-hydroxylation sites is 1. The molecule has 0 atom stereocenters. The highest BCUT2D eigenvalue weighted by Crippen LogP contribution is 2.16. The van der Waals surface area contributed by atoms with Gasteiger partial charge in [0.1, 0.15) is 12.4 Å². The molecule has 2 rings (SSSR count). The van der Waals surface area contributed by atoms with E-state index in [9.17, 15) is 0 Å². The van der Waals surface area contributed by atoms with Crippen molar-refractivity contribution in [2.75, 3.05) is 13.2 Å². The van der Waals surface area contributed by atoms with Crippen LogP contribution in [0, 0.1) is 0 Å². The van der Waals surface area contributed by atoms with Crippen LogP contribution in [0.4, 0.5) is 0 Å². The Bertz CT molecular complexity index is 573. The van der Waals surface area contributed by atoms with Gasteiger partial charge >= 0.3 is 0 Å².